The van der Waals surface area contributed by atoms with Crippen molar-refractivity contribution >= 4 is 6.72 Å². The van der Waals surface area contributed by atoms with E-state index in [1.54, 1.807) is 12.1 Å². The number of aromatic nitrogens is 4. The normalized spacial score (nSPS) is 12.2. The molecule has 3 rings (SSSR count). The van der Waals surface area contributed by atoms with Crippen LogP contribution in [0.4, 0.5) is 13.2 Å². The molecule has 3 aromatic rings. The highest BCUT2D eigenvalue weighted by atomic mass is 19.1. The van der Waals surface area contributed by atoms with Gasteiger partial charge in [0.25, 0.3) is 0 Å². The van der Waals surface area contributed by atoms with Crippen molar-refractivity contribution in [1.82, 2.24) is 20.2 Å². The summed E-state index contributed by atoms with van der Waals surface area (Å²) in [6.07, 6.45) is 2.91. The molecule has 0 saturated carbocycles. The standard InChI is InChI=1S/C20H14F3N5/c1-24-12-15(6-2-4-14-5-3-7-16(21)10-14)20(28-13-25-26-27-28)18-9-8-17(22)11-19(18)23/h3,5,7-13,20H,1,4H2. The summed E-state index contributed by atoms with van der Waals surface area (Å²) < 4.78 is 42.4. The van der Waals surface area contributed by atoms with Crippen molar-refractivity contribution in [3.8, 4) is 11.8 Å². The molecule has 1 aromatic heterocycles. The first-order chi connectivity index (χ1) is 13.6. The third-order valence-electron chi connectivity index (χ3n) is 3.83. The molecule has 28 heavy (non-hydrogen) atoms. The summed E-state index contributed by atoms with van der Waals surface area (Å²) in [5.74, 6) is 3.96. The highest BCUT2D eigenvalue weighted by molar-refractivity contribution is 5.42. The quantitative estimate of drug-likeness (QED) is 0.502. The zero-order valence-electron chi connectivity index (χ0n) is 14.6. The van der Waals surface area contributed by atoms with E-state index in [9.17, 15) is 13.2 Å². The van der Waals surface area contributed by atoms with E-state index in [1.165, 1.54) is 35.4 Å². The molecule has 0 fully saturated rings. The summed E-state index contributed by atoms with van der Waals surface area (Å²) in [4.78, 5) is 3.73. The van der Waals surface area contributed by atoms with Gasteiger partial charge in [0, 0.05) is 29.8 Å². The monoisotopic (exact) mass is 381 g/mol. The molecule has 5 nitrogen and oxygen atoms in total. The molecule has 0 aliphatic heterocycles. The molecule has 0 spiro atoms. The van der Waals surface area contributed by atoms with Gasteiger partial charge in [0.1, 0.15) is 29.8 Å². The molecule has 2 aromatic carbocycles. The van der Waals surface area contributed by atoms with Gasteiger partial charge in [-0.15, -0.1) is 5.10 Å². The van der Waals surface area contributed by atoms with Crippen molar-refractivity contribution in [2.24, 2.45) is 4.99 Å². The van der Waals surface area contributed by atoms with Gasteiger partial charge in [0.15, 0.2) is 0 Å². The maximum atomic E-state index is 14.4. The minimum Gasteiger partial charge on any atom is -0.271 e. The van der Waals surface area contributed by atoms with Crippen LogP contribution in [0.2, 0.25) is 0 Å². The largest absolute Gasteiger partial charge is 0.271 e. The summed E-state index contributed by atoms with van der Waals surface area (Å²) in [5, 5.41) is 10.9. The molecule has 0 saturated heterocycles. The lowest BCUT2D eigenvalue weighted by Gasteiger charge is -2.17. The highest BCUT2D eigenvalue weighted by Crippen LogP contribution is 2.28. The van der Waals surface area contributed by atoms with E-state index < -0.39 is 17.7 Å². The van der Waals surface area contributed by atoms with Gasteiger partial charge in [0.05, 0.1) is 0 Å². The molecular formula is C20H14F3N5. The second-order valence-corrected chi connectivity index (χ2v) is 5.73. The minimum atomic E-state index is -0.874. The Morgan fingerprint density at radius 3 is 2.68 bits per heavy atom. The third kappa shape index (κ3) is 4.51. The number of aliphatic imine (C=N–C) groups is 1. The second-order valence-electron chi connectivity index (χ2n) is 5.73. The van der Waals surface area contributed by atoms with Crippen molar-refractivity contribution in [1.29, 1.82) is 0 Å². The van der Waals surface area contributed by atoms with E-state index in [0.717, 1.165) is 12.1 Å². The zero-order chi connectivity index (χ0) is 19.9. The smallest absolute Gasteiger partial charge is 0.139 e. The number of hydrogen-bond donors (Lipinski definition) is 0. The number of halogens is 3. The summed E-state index contributed by atoms with van der Waals surface area (Å²) in [6.45, 7) is 3.41. The lowest BCUT2D eigenvalue weighted by Crippen LogP contribution is -2.15. The van der Waals surface area contributed by atoms with Crippen LogP contribution < -0.4 is 0 Å². The Balaban J connectivity index is 2.00. The molecule has 0 aliphatic rings. The number of benzene rings is 2. The molecule has 1 unspecified atom stereocenters. The summed E-state index contributed by atoms with van der Waals surface area (Å²) in [5.41, 5.74) is 1.14. The molecule has 1 atom stereocenters. The maximum absolute atomic E-state index is 14.4. The van der Waals surface area contributed by atoms with Gasteiger partial charge in [-0.25, -0.2) is 17.9 Å². The second kappa shape index (κ2) is 8.77. The summed E-state index contributed by atoms with van der Waals surface area (Å²) in [7, 11) is 0. The van der Waals surface area contributed by atoms with Crippen LogP contribution in [0.25, 0.3) is 0 Å². The van der Waals surface area contributed by atoms with E-state index in [0.29, 0.717) is 11.1 Å². The molecule has 0 bridgehead atoms. The molecule has 1 heterocycles. The highest BCUT2D eigenvalue weighted by Gasteiger charge is 2.23. The van der Waals surface area contributed by atoms with E-state index in [1.807, 2.05) is 0 Å². The summed E-state index contributed by atoms with van der Waals surface area (Å²) >= 11 is 0. The number of hydrogen-bond acceptors (Lipinski definition) is 4. The minimum absolute atomic E-state index is 0.114. The number of rotatable bonds is 5. The van der Waals surface area contributed by atoms with Crippen LogP contribution in [0.1, 0.15) is 17.2 Å². The van der Waals surface area contributed by atoms with E-state index >= 15 is 0 Å². The SMILES string of the molecule is C=NC=C(C#CCc1cccc(F)c1)C(c1ccc(F)cc1F)n1cnnn1. The topological polar surface area (TPSA) is 56.0 Å². The van der Waals surface area contributed by atoms with Gasteiger partial charge in [-0.2, -0.15) is 0 Å². The number of tetrazole rings is 1. The van der Waals surface area contributed by atoms with Crippen LogP contribution >= 0.6 is 0 Å². The molecule has 0 radical (unpaired) electrons. The fourth-order valence-electron chi connectivity index (χ4n) is 2.63. The molecule has 140 valence electrons. The average molecular weight is 381 g/mol. The molecular weight excluding hydrogens is 367 g/mol. The maximum Gasteiger partial charge on any atom is 0.139 e. The van der Waals surface area contributed by atoms with Gasteiger partial charge in [-0.1, -0.05) is 30.0 Å². The Morgan fingerprint density at radius 2 is 2.00 bits per heavy atom. The third-order valence-corrected chi connectivity index (χ3v) is 3.83. The van der Waals surface area contributed by atoms with Crippen LogP contribution in [0.3, 0.4) is 0 Å². The van der Waals surface area contributed by atoms with Gasteiger partial charge < -0.3 is 0 Å². The van der Waals surface area contributed by atoms with Gasteiger partial charge in [0.2, 0.25) is 0 Å². The fraction of sp³-hybridized carbons (Fsp3) is 0.100. The molecule has 0 amide bonds. The van der Waals surface area contributed by atoms with Crippen LogP contribution in [0.5, 0.6) is 0 Å². The van der Waals surface area contributed by atoms with Gasteiger partial charge in [-0.05, 0) is 40.9 Å². The van der Waals surface area contributed by atoms with Crippen molar-refractivity contribution in [2.75, 3.05) is 0 Å². The first kappa shape index (κ1) is 19.0. The van der Waals surface area contributed by atoms with Crippen molar-refractivity contribution in [3.63, 3.8) is 0 Å². The lowest BCUT2D eigenvalue weighted by atomic mass is 9.98. The Kier molecular flexibility index (Phi) is 5.97. The fourth-order valence-corrected chi connectivity index (χ4v) is 2.63. The average Bonchev–Trinajstić information content (AvgIpc) is 3.18. The summed E-state index contributed by atoms with van der Waals surface area (Å²) in [6, 6.07) is 8.37. The van der Waals surface area contributed by atoms with Crippen molar-refractivity contribution in [3.05, 3.63) is 89.1 Å². The van der Waals surface area contributed by atoms with E-state index in [2.05, 4.69) is 39.1 Å². The van der Waals surface area contributed by atoms with Crippen LogP contribution in [0, 0.1) is 29.3 Å². The number of allylic oxidation sites excluding steroid dienone is 1. The van der Waals surface area contributed by atoms with Gasteiger partial charge >= 0.3 is 0 Å². The first-order valence-electron chi connectivity index (χ1n) is 8.15. The Bertz CT molecular complexity index is 1060. The Morgan fingerprint density at radius 1 is 1.18 bits per heavy atom. The number of nitrogens with zero attached hydrogens (tertiary/aromatic N) is 5. The van der Waals surface area contributed by atoms with Gasteiger partial charge in [-0.3, -0.25) is 4.99 Å². The van der Waals surface area contributed by atoms with Crippen molar-refractivity contribution < 1.29 is 13.2 Å². The Labute approximate surface area is 159 Å². The molecule has 8 heteroatoms. The van der Waals surface area contributed by atoms with Crippen molar-refractivity contribution in [2.45, 2.75) is 12.5 Å². The predicted octanol–water partition coefficient (Wildman–Crippen LogP) is 3.51. The van der Waals surface area contributed by atoms with E-state index in [4.69, 9.17) is 0 Å². The van der Waals surface area contributed by atoms with Crippen LogP contribution in [-0.4, -0.2) is 26.9 Å². The molecule has 0 N–H and O–H groups in total. The molecule has 0 aliphatic carbocycles. The lowest BCUT2D eigenvalue weighted by molar-refractivity contribution is 0.519. The Hall–Kier alpha value is -3.73. The predicted molar refractivity (Wildman–Crippen MR) is 97.8 cm³/mol. The first-order valence-corrected chi connectivity index (χ1v) is 8.15. The van der Waals surface area contributed by atoms with Crippen LogP contribution in [0.15, 0.2) is 65.6 Å². The van der Waals surface area contributed by atoms with E-state index in [-0.39, 0.29) is 17.8 Å². The van der Waals surface area contributed by atoms with Crippen LogP contribution in [-0.2, 0) is 6.42 Å². The zero-order valence-corrected chi connectivity index (χ0v) is 14.6.